The fourth-order valence-electron chi connectivity index (χ4n) is 9.10. The lowest BCUT2D eigenvalue weighted by molar-refractivity contribution is -0.130. The lowest BCUT2D eigenvalue weighted by atomic mass is 9.66. The summed E-state index contributed by atoms with van der Waals surface area (Å²) in [5.74, 6) is 2.66. The maximum Gasteiger partial charge on any atom is 0.109 e. The summed E-state index contributed by atoms with van der Waals surface area (Å²) < 4.78 is 11.2. The van der Waals surface area contributed by atoms with E-state index in [4.69, 9.17) is 8.83 Å². The van der Waals surface area contributed by atoms with Gasteiger partial charge in [-0.15, -0.1) is 0 Å². The summed E-state index contributed by atoms with van der Waals surface area (Å²) in [4.78, 5) is 5.35. The van der Waals surface area contributed by atoms with Gasteiger partial charge in [0.05, 0.1) is 25.1 Å². The number of aliphatic hydroxyl groups is 1. The van der Waals surface area contributed by atoms with E-state index in [1.807, 2.05) is 18.8 Å². The minimum absolute atomic E-state index is 0.215. The maximum atomic E-state index is 11.7. The predicted octanol–water partition coefficient (Wildman–Crippen LogP) is 6.62. The zero-order valence-corrected chi connectivity index (χ0v) is 22.7. The molecule has 2 spiro atoms. The largest absolute Gasteiger partial charge is 0.472 e. The molecule has 5 aliphatic rings. The van der Waals surface area contributed by atoms with Crippen LogP contribution >= 0.6 is 11.8 Å². The molecule has 196 valence electrons. The van der Waals surface area contributed by atoms with Crippen LogP contribution in [-0.2, 0) is 0 Å². The quantitative estimate of drug-likeness (QED) is 0.490. The van der Waals surface area contributed by atoms with Crippen molar-refractivity contribution >= 4 is 11.8 Å². The molecule has 5 fully saturated rings. The summed E-state index contributed by atoms with van der Waals surface area (Å²) in [5, 5.41) is 11.7. The molecule has 5 saturated heterocycles. The van der Waals surface area contributed by atoms with Gasteiger partial charge in [0.25, 0.3) is 0 Å². The minimum atomic E-state index is -0.362. The fraction of sp³-hybridized carbons (Fsp3) is 0.733. The molecule has 1 N–H and O–H groups in total. The Hall–Kier alpha value is -1.21. The molecule has 5 nitrogen and oxygen atoms in total. The first-order valence-corrected chi connectivity index (χ1v) is 15.3. The SMILES string of the molecule is C[C@@H]1CCC(c2ccoc2)N2C[C@@]3(CC[C@@H]12)CS[C@@]1(C[C@@H](O)N2[C@H](c4ccoc4)CC[C@@H](C)[C@@H]2C1)C3. The van der Waals surface area contributed by atoms with Crippen LogP contribution in [0.1, 0.15) is 94.8 Å². The van der Waals surface area contributed by atoms with Gasteiger partial charge in [0, 0.05) is 58.8 Å². The van der Waals surface area contributed by atoms with Crippen molar-refractivity contribution in [3.8, 4) is 0 Å². The maximum absolute atomic E-state index is 11.7. The number of nitrogens with zero attached hydrogens (tertiary/aromatic N) is 2. The summed E-state index contributed by atoms with van der Waals surface area (Å²) in [5.41, 5.74) is 2.99. The van der Waals surface area contributed by atoms with Gasteiger partial charge in [-0.1, -0.05) is 13.8 Å². The third-order valence-electron chi connectivity index (χ3n) is 10.9. The van der Waals surface area contributed by atoms with E-state index in [1.165, 1.54) is 68.4 Å². The van der Waals surface area contributed by atoms with Gasteiger partial charge in [0.2, 0.25) is 0 Å². The van der Waals surface area contributed by atoms with Gasteiger partial charge >= 0.3 is 0 Å². The molecule has 7 rings (SSSR count). The summed E-state index contributed by atoms with van der Waals surface area (Å²) in [6.45, 7) is 6.10. The Balaban J connectivity index is 1.13. The average molecular weight is 511 g/mol. The van der Waals surface area contributed by atoms with E-state index in [1.54, 1.807) is 6.26 Å². The number of aliphatic hydroxyl groups excluding tert-OH is 1. The van der Waals surface area contributed by atoms with Crippen molar-refractivity contribution in [1.29, 1.82) is 0 Å². The second-order valence-electron chi connectivity index (χ2n) is 13.1. The van der Waals surface area contributed by atoms with Gasteiger partial charge in [-0.25, -0.2) is 0 Å². The number of hydrogen-bond acceptors (Lipinski definition) is 6. The Labute approximate surface area is 220 Å². The van der Waals surface area contributed by atoms with Crippen LogP contribution in [0.3, 0.4) is 0 Å². The Morgan fingerprint density at radius 3 is 2.31 bits per heavy atom. The molecular weight excluding hydrogens is 468 g/mol. The van der Waals surface area contributed by atoms with Gasteiger partial charge in [-0.2, -0.15) is 11.8 Å². The van der Waals surface area contributed by atoms with Gasteiger partial charge in [-0.3, -0.25) is 9.80 Å². The van der Waals surface area contributed by atoms with Gasteiger partial charge in [-0.05, 0) is 80.8 Å². The lowest BCUT2D eigenvalue weighted by Crippen LogP contribution is -2.60. The molecule has 0 aromatic carbocycles. The first-order chi connectivity index (χ1) is 17.5. The molecule has 36 heavy (non-hydrogen) atoms. The summed E-state index contributed by atoms with van der Waals surface area (Å²) in [6, 6.07) is 6.24. The van der Waals surface area contributed by atoms with Crippen LogP contribution < -0.4 is 0 Å². The van der Waals surface area contributed by atoms with Gasteiger partial charge in [0.1, 0.15) is 6.23 Å². The minimum Gasteiger partial charge on any atom is -0.472 e. The van der Waals surface area contributed by atoms with Crippen LogP contribution in [0.25, 0.3) is 0 Å². The third-order valence-corrected chi connectivity index (χ3v) is 12.7. The molecule has 5 aliphatic heterocycles. The Bertz CT molecular complexity index is 1040. The summed E-state index contributed by atoms with van der Waals surface area (Å²) in [6.07, 6.45) is 18.1. The van der Waals surface area contributed by atoms with E-state index >= 15 is 0 Å². The van der Waals surface area contributed by atoms with E-state index in [0.717, 1.165) is 18.8 Å². The molecule has 2 aromatic heterocycles. The van der Waals surface area contributed by atoms with Crippen LogP contribution in [0.2, 0.25) is 0 Å². The summed E-state index contributed by atoms with van der Waals surface area (Å²) >= 11 is 2.22. The molecule has 0 radical (unpaired) electrons. The second kappa shape index (κ2) is 8.93. The number of fused-ring (bicyclic) bond motifs is 2. The van der Waals surface area contributed by atoms with E-state index in [9.17, 15) is 5.11 Å². The molecular formula is C30H42N2O3S. The highest BCUT2D eigenvalue weighted by Crippen LogP contribution is 2.62. The average Bonchev–Trinajstić information content (AvgIpc) is 3.63. The monoisotopic (exact) mass is 510 g/mol. The Morgan fingerprint density at radius 1 is 0.889 bits per heavy atom. The van der Waals surface area contributed by atoms with Crippen LogP contribution in [0.15, 0.2) is 46.0 Å². The normalized spacial score (nSPS) is 45.7. The number of furan rings is 2. The molecule has 0 aliphatic carbocycles. The van der Waals surface area contributed by atoms with Gasteiger partial charge < -0.3 is 13.9 Å². The third kappa shape index (κ3) is 3.85. The molecule has 0 saturated carbocycles. The van der Waals surface area contributed by atoms with Crippen molar-refractivity contribution in [1.82, 2.24) is 9.80 Å². The number of rotatable bonds is 2. The van der Waals surface area contributed by atoms with Crippen LogP contribution in [-0.4, -0.2) is 50.3 Å². The number of piperidine rings is 4. The standard InChI is InChI=1S/C30H42N2O3S/c1-20-3-5-25(22-8-11-34-15-22)31-18-29(10-7-24(20)31)17-30(36-19-29)13-27-21(2)4-6-26(23-9-12-35-16-23)32(27)28(33)14-30/h8-9,11-12,15-16,20-21,24-28,33H,3-7,10,13-14,17-19H2,1-2H3/t20-,21-,24+,25?,26+,27+,28-,29+,30+/m1/s1. The van der Waals surface area contributed by atoms with E-state index in [0.29, 0.717) is 35.5 Å². The first kappa shape index (κ1) is 23.9. The van der Waals surface area contributed by atoms with E-state index in [-0.39, 0.29) is 11.0 Å². The first-order valence-electron chi connectivity index (χ1n) is 14.4. The summed E-state index contributed by atoms with van der Waals surface area (Å²) in [7, 11) is 0. The van der Waals surface area contributed by atoms with Gasteiger partial charge in [0.15, 0.2) is 0 Å². The number of hydrogen-bond donors (Lipinski definition) is 1. The lowest BCUT2D eigenvalue weighted by Gasteiger charge is -2.56. The molecule has 0 bridgehead atoms. The van der Waals surface area contributed by atoms with E-state index in [2.05, 4.69) is 47.5 Å². The molecule has 7 heterocycles. The zero-order valence-electron chi connectivity index (χ0n) is 21.9. The highest BCUT2D eigenvalue weighted by molar-refractivity contribution is 8.01. The van der Waals surface area contributed by atoms with Crippen molar-refractivity contribution in [2.45, 2.75) is 107 Å². The van der Waals surface area contributed by atoms with Crippen molar-refractivity contribution in [3.05, 3.63) is 48.3 Å². The van der Waals surface area contributed by atoms with Crippen molar-refractivity contribution in [3.63, 3.8) is 0 Å². The Morgan fingerprint density at radius 2 is 1.58 bits per heavy atom. The van der Waals surface area contributed by atoms with Crippen LogP contribution in [0.4, 0.5) is 0 Å². The molecule has 6 heteroatoms. The van der Waals surface area contributed by atoms with Crippen molar-refractivity contribution in [2.75, 3.05) is 12.3 Å². The van der Waals surface area contributed by atoms with Crippen molar-refractivity contribution in [2.24, 2.45) is 17.3 Å². The molecule has 2 aromatic rings. The highest BCUT2D eigenvalue weighted by Gasteiger charge is 2.58. The van der Waals surface area contributed by atoms with Crippen LogP contribution in [0, 0.1) is 17.3 Å². The molecule has 0 amide bonds. The highest BCUT2D eigenvalue weighted by atomic mass is 32.2. The van der Waals surface area contributed by atoms with Crippen LogP contribution in [0.5, 0.6) is 0 Å². The number of thioether (sulfide) groups is 1. The zero-order chi connectivity index (χ0) is 24.5. The second-order valence-corrected chi connectivity index (χ2v) is 14.5. The topological polar surface area (TPSA) is 53.0 Å². The van der Waals surface area contributed by atoms with Crippen molar-refractivity contribution < 1.29 is 13.9 Å². The Kier molecular flexibility index (Phi) is 5.92. The molecule has 9 atom stereocenters. The van der Waals surface area contributed by atoms with E-state index < -0.39 is 0 Å². The predicted molar refractivity (Wildman–Crippen MR) is 143 cm³/mol. The molecule has 1 unspecified atom stereocenters. The fourth-order valence-corrected chi connectivity index (χ4v) is 11.0. The smallest absolute Gasteiger partial charge is 0.109 e.